The van der Waals surface area contributed by atoms with Crippen LogP contribution in [-0.4, -0.2) is 30.7 Å². The van der Waals surface area contributed by atoms with Gasteiger partial charge >= 0.3 is 0 Å². The van der Waals surface area contributed by atoms with Crippen molar-refractivity contribution in [3.05, 3.63) is 23.3 Å². The number of nitrogens with one attached hydrogen (secondary N) is 1. The van der Waals surface area contributed by atoms with Crippen molar-refractivity contribution in [3.8, 4) is 0 Å². The minimum atomic E-state index is -3.58. The Labute approximate surface area is 117 Å². The highest BCUT2D eigenvalue weighted by Crippen LogP contribution is 2.22. The summed E-state index contributed by atoms with van der Waals surface area (Å²) in [6.07, 6.45) is 0. The van der Waals surface area contributed by atoms with E-state index in [-0.39, 0.29) is 11.4 Å². The summed E-state index contributed by atoms with van der Waals surface area (Å²) in [6, 6.07) is 3.26. The van der Waals surface area contributed by atoms with E-state index in [1.165, 1.54) is 0 Å². The molecular formula is C12H20N2O3S2. The van der Waals surface area contributed by atoms with Crippen LogP contribution in [0.5, 0.6) is 0 Å². The standard InChI is InChI=1S/C12H20N2O3S2/c1-4-18(15)6-5-14-19(16,17)12-9(2)7-11(13)8-10(12)3/h7-8,14H,4-6,13H2,1-3H3. The summed E-state index contributed by atoms with van der Waals surface area (Å²) in [7, 11) is -4.56. The Balaban J connectivity index is 2.92. The molecule has 1 aromatic rings. The molecule has 1 aromatic carbocycles. The summed E-state index contributed by atoms with van der Waals surface area (Å²) in [5.41, 5.74) is 7.44. The molecule has 1 unspecified atom stereocenters. The molecule has 0 radical (unpaired) electrons. The van der Waals surface area contributed by atoms with Gasteiger partial charge in [-0.3, -0.25) is 4.21 Å². The van der Waals surface area contributed by atoms with Crippen LogP contribution in [0.4, 0.5) is 5.69 Å². The van der Waals surface area contributed by atoms with Crippen LogP contribution in [0.15, 0.2) is 17.0 Å². The summed E-state index contributed by atoms with van der Waals surface area (Å²) >= 11 is 0. The van der Waals surface area contributed by atoms with Crippen molar-refractivity contribution in [1.82, 2.24) is 4.72 Å². The highest BCUT2D eigenvalue weighted by atomic mass is 32.2. The molecule has 0 spiro atoms. The maximum Gasteiger partial charge on any atom is 0.241 e. The van der Waals surface area contributed by atoms with E-state index in [0.29, 0.717) is 28.3 Å². The molecule has 7 heteroatoms. The van der Waals surface area contributed by atoms with Gasteiger partial charge in [-0.2, -0.15) is 0 Å². The topological polar surface area (TPSA) is 89.3 Å². The number of nitrogens with two attached hydrogens (primary N) is 1. The van der Waals surface area contributed by atoms with Gasteiger partial charge in [-0.15, -0.1) is 0 Å². The van der Waals surface area contributed by atoms with Crippen LogP contribution in [0.25, 0.3) is 0 Å². The monoisotopic (exact) mass is 304 g/mol. The lowest BCUT2D eigenvalue weighted by atomic mass is 10.1. The first-order valence-electron chi connectivity index (χ1n) is 5.99. The van der Waals surface area contributed by atoms with Gasteiger partial charge in [0.25, 0.3) is 0 Å². The highest BCUT2D eigenvalue weighted by Gasteiger charge is 2.19. The molecule has 0 bridgehead atoms. The summed E-state index contributed by atoms with van der Waals surface area (Å²) < 4.78 is 38.2. The Hall–Kier alpha value is -0.920. The van der Waals surface area contributed by atoms with Crippen LogP contribution in [0.2, 0.25) is 0 Å². The predicted octanol–water partition coefficient (Wildman–Crippen LogP) is 0.933. The SMILES string of the molecule is CCS(=O)CCNS(=O)(=O)c1c(C)cc(N)cc1C. The smallest absolute Gasteiger partial charge is 0.241 e. The maximum atomic E-state index is 12.2. The van der Waals surface area contributed by atoms with Crippen molar-refractivity contribution < 1.29 is 12.6 Å². The predicted molar refractivity (Wildman–Crippen MR) is 79.1 cm³/mol. The number of hydrogen-bond acceptors (Lipinski definition) is 4. The zero-order valence-corrected chi connectivity index (χ0v) is 13.0. The van der Waals surface area contributed by atoms with E-state index in [1.807, 2.05) is 0 Å². The van der Waals surface area contributed by atoms with Crippen LogP contribution in [0, 0.1) is 13.8 Å². The molecule has 19 heavy (non-hydrogen) atoms. The van der Waals surface area contributed by atoms with Gasteiger partial charge in [-0.1, -0.05) is 6.92 Å². The summed E-state index contributed by atoms with van der Waals surface area (Å²) in [5.74, 6) is 0.852. The van der Waals surface area contributed by atoms with Crippen LogP contribution in [0.3, 0.4) is 0 Å². The number of nitrogen functional groups attached to an aromatic ring is 1. The van der Waals surface area contributed by atoms with E-state index in [9.17, 15) is 12.6 Å². The second-order valence-electron chi connectivity index (χ2n) is 4.31. The minimum absolute atomic E-state index is 0.173. The van der Waals surface area contributed by atoms with E-state index >= 15 is 0 Å². The lowest BCUT2D eigenvalue weighted by Crippen LogP contribution is -2.29. The van der Waals surface area contributed by atoms with Crippen molar-refractivity contribution in [1.29, 1.82) is 0 Å². The number of anilines is 1. The van der Waals surface area contributed by atoms with Crippen molar-refractivity contribution in [3.63, 3.8) is 0 Å². The molecule has 1 rings (SSSR count). The van der Waals surface area contributed by atoms with Crippen molar-refractivity contribution in [2.24, 2.45) is 0 Å². The lowest BCUT2D eigenvalue weighted by molar-refractivity contribution is 0.582. The fourth-order valence-electron chi connectivity index (χ4n) is 1.91. The molecule has 0 aliphatic carbocycles. The van der Waals surface area contributed by atoms with Gasteiger partial charge in [0, 0.05) is 34.5 Å². The van der Waals surface area contributed by atoms with E-state index in [1.54, 1.807) is 32.9 Å². The second kappa shape index (κ2) is 6.49. The van der Waals surface area contributed by atoms with Gasteiger partial charge in [-0.25, -0.2) is 13.1 Å². The van der Waals surface area contributed by atoms with Gasteiger partial charge in [0.1, 0.15) is 0 Å². The van der Waals surface area contributed by atoms with E-state index in [0.717, 1.165) is 0 Å². The molecule has 0 amide bonds. The highest BCUT2D eigenvalue weighted by molar-refractivity contribution is 7.89. The van der Waals surface area contributed by atoms with Crippen LogP contribution >= 0.6 is 0 Å². The third-order valence-electron chi connectivity index (χ3n) is 2.70. The molecule has 0 saturated heterocycles. The molecule has 0 aromatic heterocycles. The number of benzene rings is 1. The molecule has 108 valence electrons. The Morgan fingerprint density at radius 3 is 2.26 bits per heavy atom. The normalized spacial score (nSPS) is 13.4. The zero-order valence-electron chi connectivity index (χ0n) is 11.4. The Bertz CT molecular complexity index is 560. The lowest BCUT2D eigenvalue weighted by Gasteiger charge is -2.12. The molecule has 3 N–H and O–H groups in total. The van der Waals surface area contributed by atoms with E-state index in [2.05, 4.69) is 4.72 Å². The van der Waals surface area contributed by atoms with Crippen molar-refractivity contribution >= 4 is 26.5 Å². The van der Waals surface area contributed by atoms with Gasteiger partial charge < -0.3 is 5.73 Å². The van der Waals surface area contributed by atoms with Gasteiger partial charge in [-0.05, 0) is 37.1 Å². The zero-order chi connectivity index (χ0) is 14.6. The summed E-state index contributed by atoms with van der Waals surface area (Å²) in [5, 5.41) is 0. The molecule has 1 atom stereocenters. The molecular weight excluding hydrogens is 284 g/mol. The third kappa shape index (κ3) is 4.29. The number of aryl methyl sites for hydroxylation is 2. The Kier molecular flexibility index (Phi) is 5.51. The molecule has 5 nitrogen and oxygen atoms in total. The molecule has 0 heterocycles. The van der Waals surface area contributed by atoms with Gasteiger partial charge in [0.05, 0.1) is 4.90 Å². The number of sulfonamides is 1. The average Bonchev–Trinajstić information content (AvgIpc) is 2.26. The Morgan fingerprint density at radius 1 is 1.26 bits per heavy atom. The maximum absolute atomic E-state index is 12.2. The van der Waals surface area contributed by atoms with Crippen LogP contribution in [0.1, 0.15) is 18.1 Å². The average molecular weight is 304 g/mol. The number of rotatable bonds is 6. The van der Waals surface area contributed by atoms with E-state index in [4.69, 9.17) is 5.73 Å². The Morgan fingerprint density at radius 2 is 1.79 bits per heavy atom. The first-order chi connectivity index (χ1) is 8.77. The number of hydrogen-bond donors (Lipinski definition) is 2. The van der Waals surface area contributed by atoms with Gasteiger partial charge in [0.2, 0.25) is 10.0 Å². The first-order valence-corrected chi connectivity index (χ1v) is 8.96. The summed E-state index contributed by atoms with van der Waals surface area (Å²) in [4.78, 5) is 0.254. The quantitative estimate of drug-likeness (QED) is 0.765. The summed E-state index contributed by atoms with van der Waals surface area (Å²) in [6.45, 7) is 5.40. The molecule has 0 aliphatic rings. The molecule has 0 fully saturated rings. The van der Waals surface area contributed by atoms with Crippen LogP contribution < -0.4 is 10.5 Å². The third-order valence-corrected chi connectivity index (χ3v) is 5.76. The second-order valence-corrected chi connectivity index (χ2v) is 7.88. The largest absolute Gasteiger partial charge is 0.399 e. The fraction of sp³-hybridized carbons (Fsp3) is 0.500. The fourth-order valence-corrected chi connectivity index (χ4v) is 4.14. The first kappa shape index (κ1) is 16.1. The van der Waals surface area contributed by atoms with Crippen LogP contribution in [-0.2, 0) is 20.8 Å². The molecule has 0 aliphatic heterocycles. The van der Waals surface area contributed by atoms with Crippen molar-refractivity contribution in [2.45, 2.75) is 25.7 Å². The van der Waals surface area contributed by atoms with Gasteiger partial charge in [0.15, 0.2) is 0 Å². The minimum Gasteiger partial charge on any atom is -0.399 e. The molecule has 0 saturated carbocycles. The van der Waals surface area contributed by atoms with Crippen molar-refractivity contribution in [2.75, 3.05) is 23.8 Å². The van der Waals surface area contributed by atoms with E-state index < -0.39 is 20.8 Å².